The molecule has 0 aliphatic carbocycles. The highest BCUT2D eigenvalue weighted by Crippen LogP contribution is 2.35. The maximum Gasteiger partial charge on any atom is 0.263 e. The number of hydrogen-bond acceptors (Lipinski definition) is 2. The van der Waals surface area contributed by atoms with Crippen molar-refractivity contribution >= 4 is 17.5 Å². The molecule has 3 rings (SSSR count). The van der Waals surface area contributed by atoms with E-state index in [1.807, 2.05) is 0 Å². The fourth-order valence-corrected chi connectivity index (χ4v) is 3.15. The molecule has 0 bridgehead atoms. The average molecular weight is 362 g/mol. The van der Waals surface area contributed by atoms with Gasteiger partial charge in [-0.15, -0.1) is 0 Å². The van der Waals surface area contributed by atoms with E-state index in [-0.39, 0.29) is 23.7 Å². The second kappa shape index (κ2) is 7.19. The summed E-state index contributed by atoms with van der Waals surface area (Å²) in [6, 6.07) is 11.3. The number of benzene rings is 2. The highest BCUT2D eigenvalue weighted by Gasteiger charge is 2.44. The third kappa shape index (κ3) is 3.42. The molecule has 1 heterocycles. The van der Waals surface area contributed by atoms with Gasteiger partial charge in [0.2, 0.25) is 11.8 Å². The SMILES string of the molecule is CN1C[C@H](c2ccc(C(F)F)cc2)[C@@H](C(=O)Nc2ccccc2F)C1=O. The van der Waals surface area contributed by atoms with Crippen LogP contribution < -0.4 is 5.32 Å². The van der Waals surface area contributed by atoms with E-state index in [2.05, 4.69) is 5.32 Å². The van der Waals surface area contributed by atoms with Crippen LogP contribution in [0.4, 0.5) is 18.9 Å². The zero-order valence-corrected chi connectivity index (χ0v) is 14.0. The molecule has 0 spiro atoms. The van der Waals surface area contributed by atoms with E-state index in [0.717, 1.165) is 0 Å². The Balaban J connectivity index is 1.86. The molecule has 7 heteroatoms. The Bertz CT molecular complexity index is 824. The Morgan fingerprint density at radius 3 is 2.42 bits per heavy atom. The molecule has 136 valence electrons. The smallest absolute Gasteiger partial charge is 0.263 e. The van der Waals surface area contributed by atoms with Crippen LogP contribution in [0.3, 0.4) is 0 Å². The summed E-state index contributed by atoms with van der Waals surface area (Å²) in [4.78, 5) is 26.5. The molecule has 2 aromatic rings. The summed E-state index contributed by atoms with van der Waals surface area (Å²) in [6.07, 6.45) is -2.59. The molecule has 1 fully saturated rings. The average Bonchev–Trinajstić information content (AvgIpc) is 2.92. The lowest BCUT2D eigenvalue weighted by molar-refractivity contribution is -0.135. The third-order valence-electron chi connectivity index (χ3n) is 4.55. The Kier molecular flexibility index (Phi) is 4.97. The third-order valence-corrected chi connectivity index (χ3v) is 4.55. The molecule has 1 saturated heterocycles. The predicted octanol–water partition coefficient (Wildman–Crippen LogP) is 3.57. The molecular weight excluding hydrogens is 345 g/mol. The summed E-state index contributed by atoms with van der Waals surface area (Å²) in [5.74, 6) is -3.14. The van der Waals surface area contributed by atoms with Gasteiger partial charge in [-0.1, -0.05) is 36.4 Å². The first-order valence-corrected chi connectivity index (χ1v) is 8.07. The van der Waals surface area contributed by atoms with Crippen LogP contribution in [0.15, 0.2) is 48.5 Å². The van der Waals surface area contributed by atoms with E-state index in [0.29, 0.717) is 5.56 Å². The monoisotopic (exact) mass is 362 g/mol. The molecule has 4 nitrogen and oxygen atoms in total. The molecule has 0 saturated carbocycles. The molecule has 2 atom stereocenters. The normalized spacial score (nSPS) is 19.9. The van der Waals surface area contributed by atoms with Gasteiger partial charge in [0.1, 0.15) is 11.7 Å². The van der Waals surface area contributed by atoms with Crippen LogP contribution in [0.25, 0.3) is 0 Å². The van der Waals surface area contributed by atoms with Crippen molar-refractivity contribution < 1.29 is 22.8 Å². The van der Waals surface area contributed by atoms with Crippen LogP contribution in [0, 0.1) is 11.7 Å². The number of likely N-dealkylation sites (N-methyl/N-ethyl adjacent to an activating group) is 1. The van der Waals surface area contributed by atoms with Gasteiger partial charge in [0, 0.05) is 25.1 Å². The minimum absolute atomic E-state index is 0.00773. The number of rotatable bonds is 4. The van der Waals surface area contributed by atoms with Gasteiger partial charge in [0.05, 0.1) is 5.69 Å². The van der Waals surface area contributed by atoms with Gasteiger partial charge >= 0.3 is 0 Å². The summed E-state index contributed by atoms with van der Waals surface area (Å²) in [7, 11) is 1.57. The highest BCUT2D eigenvalue weighted by atomic mass is 19.3. The lowest BCUT2D eigenvalue weighted by Crippen LogP contribution is -2.33. The predicted molar refractivity (Wildman–Crippen MR) is 90.3 cm³/mol. The molecule has 0 unspecified atom stereocenters. The summed E-state index contributed by atoms with van der Waals surface area (Å²) < 4.78 is 39.2. The molecule has 1 aliphatic rings. The number of likely N-dealkylation sites (tertiary alicyclic amines) is 1. The molecule has 1 aliphatic heterocycles. The zero-order valence-electron chi connectivity index (χ0n) is 14.0. The molecule has 2 amide bonds. The van der Waals surface area contributed by atoms with Crippen molar-refractivity contribution in [2.45, 2.75) is 12.3 Å². The Morgan fingerprint density at radius 1 is 1.15 bits per heavy atom. The molecule has 1 N–H and O–H groups in total. The molecule has 0 radical (unpaired) electrons. The van der Waals surface area contributed by atoms with Gasteiger partial charge in [-0.25, -0.2) is 13.2 Å². The van der Waals surface area contributed by atoms with Crippen molar-refractivity contribution in [3.8, 4) is 0 Å². The number of nitrogens with zero attached hydrogens (tertiary/aromatic N) is 1. The van der Waals surface area contributed by atoms with Crippen LogP contribution >= 0.6 is 0 Å². The number of alkyl halides is 2. The van der Waals surface area contributed by atoms with Gasteiger partial charge in [0.25, 0.3) is 6.43 Å². The summed E-state index contributed by atoms with van der Waals surface area (Å²) in [6.45, 7) is 0.280. The van der Waals surface area contributed by atoms with Crippen LogP contribution in [0.5, 0.6) is 0 Å². The molecule has 2 aromatic carbocycles. The Morgan fingerprint density at radius 2 is 1.81 bits per heavy atom. The number of carbonyl (C=O) groups excluding carboxylic acids is 2. The maximum atomic E-state index is 13.8. The topological polar surface area (TPSA) is 49.4 Å². The lowest BCUT2D eigenvalue weighted by Gasteiger charge is -2.17. The van der Waals surface area contributed by atoms with E-state index >= 15 is 0 Å². The lowest BCUT2D eigenvalue weighted by atomic mass is 9.87. The first-order chi connectivity index (χ1) is 12.4. The van der Waals surface area contributed by atoms with E-state index in [1.165, 1.54) is 47.4 Å². The van der Waals surface area contributed by atoms with E-state index < -0.39 is 30.0 Å². The molecule has 26 heavy (non-hydrogen) atoms. The molecule has 0 aromatic heterocycles. The number of para-hydroxylation sites is 1. The van der Waals surface area contributed by atoms with Crippen LogP contribution in [0.1, 0.15) is 23.5 Å². The van der Waals surface area contributed by atoms with Crippen molar-refractivity contribution in [1.82, 2.24) is 4.90 Å². The number of nitrogens with one attached hydrogen (secondary N) is 1. The number of carbonyl (C=O) groups is 2. The van der Waals surface area contributed by atoms with Gasteiger partial charge in [-0.05, 0) is 17.7 Å². The highest BCUT2D eigenvalue weighted by molar-refractivity contribution is 6.08. The second-order valence-corrected chi connectivity index (χ2v) is 6.24. The Labute approximate surface area is 148 Å². The van der Waals surface area contributed by atoms with Crippen molar-refractivity contribution in [3.63, 3.8) is 0 Å². The summed E-state index contributed by atoms with van der Waals surface area (Å²) in [5, 5.41) is 2.45. The first-order valence-electron chi connectivity index (χ1n) is 8.07. The minimum atomic E-state index is -2.59. The maximum absolute atomic E-state index is 13.8. The number of amides is 2. The molecular formula is C19H17F3N2O2. The fraction of sp³-hybridized carbons (Fsp3) is 0.263. The number of halogens is 3. The first kappa shape index (κ1) is 18.0. The van der Waals surface area contributed by atoms with E-state index in [1.54, 1.807) is 13.1 Å². The van der Waals surface area contributed by atoms with Crippen LogP contribution in [-0.4, -0.2) is 30.3 Å². The summed E-state index contributed by atoms with van der Waals surface area (Å²) in [5.41, 5.74) is 0.478. The number of hydrogen-bond donors (Lipinski definition) is 1. The summed E-state index contributed by atoms with van der Waals surface area (Å²) >= 11 is 0. The van der Waals surface area contributed by atoms with Crippen molar-refractivity contribution in [2.24, 2.45) is 5.92 Å². The minimum Gasteiger partial charge on any atom is -0.344 e. The quantitative estimate of drug-likeness (QED) is 0.846. The number of anilines is 1. The Hall–Kier alpha value is -2.83. The van der Waals surface area contributed by atoms with Gasteiger partial charge < -0.3 is 10.2 Å². The largest absolute Gasteiger partial charge is 0.344 e. The van der Waals surface area contributed by atoms with Gasteiger partial charge in [-0.2, -0.15) is 0 Å². The van der Waals surface area contributed by atoms with Crippen molar-refractivity contribution in [3.05, 3.63) is 65.5 Å². The van der Waals surface area contributed by atoms with Crippen LogP contribution in [-0.2, 0) is 9.59 Å². The van der Waals surface area contributed by atoms with Gasteiger partial charge in [-0.3, -0.25) is 9.59 Å². The van der Waals surface area contributed by atoms with Crippen molar-refractivity contribution in [1.29, 1.82) is 0 Å². The second-order valence-electron chi connectivity index (χ2n) is 6.24. The van der Waals surface area contributed by atoms with Crippen molar-refractivity contribution in [2.75, 3.05) is 18.9 Å². The fourth-order valence-electron chi connectivity index (χ4n) is 3.15. The van der Waals surface area contributed by atoms with Crippen LogP contribution in [0.2, 0.25) is 0 Å². The van der Waals surface area contributed by atoms with Gasteiger partial charge in [0.15, 0.2) is 0 Å². The van der Waals surface area contributed by atoms with E-state index in [4.69, 9.17) is 0 Å². The van der Waals surface area contributed by atoms with E-state index in [9.17, 15) is 22.8 Å². The standard InChI is InChI=1S/C19H17F3N2O2/c1-24-10-13(11-6-8-12(9-7-11)17(21)22)16(19(24)26)18(25)23-15-5-3-2-4-14(15)20/h2-9,13,16-17H,10H2,1H3,(H,23,25)/t13-,16+/m1/s1. The zero-order chi connectivity index (χ0) is 18.8.